The van der Waals surface area contributed by atoms with Crippen LogP contribution in [0.25, 0.3) is 0 Å². The third-order valence-corrected chi connectivity index (χ3v) is 2.63. The number of rotatable bonds is 5. The normalized spacial score (nSPS) is 11.2. The molecule has 0 fully saturated rings. The van der Waals surface area contributed by atoms with E-state index in [0.29, 0.717) is 18.4 Å². The van der Waals surface area contributed by atoms with Crippen molar-refractivity contribution in [3.63, 3.8) is 0 Å². The first-order valence-corrected chi connectivity index (χ1v) is 6.04. The zero-order valence-corrected chi connectivity index (χ0v) is 10.7. The second-order valence-corrected chi connectivity index (χ2v) is 4.84. The maximum Gasteiger partial charge on any atom is 0.0472 e. The van der Waals surface area contributed by atoms with Crippen LogP contribution in [0.2, 0.25) is 0 Å². The molecule has 0 bridgehead atoms. The van der Waals surface area contributed by atoms with Gasteiger partial charge in [0.2, 0.25) is 0 Å². The molecule has 0 atom stereocenters. The molecule has 0 unspecified atom stereocenters. The van der Waals surface area contributed by atoms with Gasteiger partial charge in [-0.3, -0.25) is 0 Å². The van der Waals surface area contributed by atoms with Crippen LogP contribution in [0, 0.1) is 0 Å². The molecule has 1 rings (SSSR count). The zero-order chi connectivity index (χ0) is 12.1. The van der Waals surface area contributed by atoms with Gasteiger partial charge in [0.1, 0.15) is 0 Å². The van der Waals surface area contributed by atoms with E-state index in [1.165, 1.54) is 11.1 Å². The highest BCUT2D eigenvalue weighted by Crippen LogP contribution is 2.23. The molecule has 0 aliphatic carbocycles. The summed E-state index contributed by atoms with van der Waals surface area (Å²) in [5.74, 6) is 0.538. The summed E-state index contributed by atoms with van der Waals surface area (Å²) < 4.78 is 0. The number of hydrogen-bond donors (Lipinski definition) is 2. The molecule has 2 N–H and O–H groups in total. The van der Waals surface area contributed by atoms with Gasteiger partial charge in [-0.25, -0.2) is 0 Å². The van der Waals surface area contributed by atoms with Gasteiger partial charge in [-0.15, -0.1) is 0 Å². The van der Waals surface area contributed by atoms with Crippen molar-refractivity contribution in [1.29, 1.82) is 0 Å². The fourth-order valence-corrected chi connectivity index (χ4v) is 1.74. The van der Waals surface area contributed by atoms with Crippen molar-refractivity contribution < 1.29 is 5.11 Å². The number of aliphatic hydroxyl groups excluding tert-OH is 1. The predicted molar refractivity (Wildman–Crippen MR) is 70.1 cm³/mol. The number of benzene rings is 1. The Kier molecular flexibility index (Phi) is 4.81. The van der Waals surface area contributed by atoms with E-state index in [1.54, 1.807) is 0 Å². The summed E-state index contributed by atoms with van der Waals surface area (Å²) in [5.41, 5.74) is 3.70. The van der Waals surface area contributed by atoms with Crippen molar-refractivity contribution in [2.24, 2.45) is 0 Å². The molecule has 0 radical (unpaired) electrons. The fraction of sp³-hybridized carbons (Fsp3) is 0.571. The molecule has 0 aromatic heterocycles. The lowest BCUT2D eigenvalue weighted by Gasteiger charge is -2.17. The SMILES string of the molecule is CC(C)Nc1cc(C(C)C)ccc1CCO. The summed E-state index contributed by atoms with van der Waals surface area (Å²) in [4.78, 5) is 0. The van der Waals surface area contributed by atoms with Gasteiger partial charge in [0.05, 0.1) is 0 Å². The lowest BCUT2D eigenvalue weighted by atomic mass is 9.99. The third kappa shape index (κ3) is 3.53. The summed E-state index contributed by atoms with van der Waals surface area (Å²) >= 11 is 0. The number of nitrogens with one attached hydrogen (secondary N) is 1. The molecule has 0 amide bonds. The van der Waals surface area contributed by atoms with Gasteiger partial charge in [-0.05, 0) is 43.4 Å². The molecule has 0 aliphatic heterocycles. The Bertz CT molecular complexity index is 332. The van der Waals surface area contributed by atoms with E-state index in [9.17, 15) is 0 Å². The van der Waals surface area contributed by atoms with Crippen molar-refractivity contribution in [3.8, 4) is 0 Å². The van der Waals surface area contributed by atoms with E-state index in [0.717, 1.165) is 5.69 Å². The molecule has 0 aliphatic rings. The summed E-state index contributed by atoms with van der Waals surface area (Å²) in [6, 6.07) is 6.90. The molecule has 90 valence electrons. The molecule has 1 aromatic carbocycles. The van der Waals surface area contributed by atoms with Crippen molar-refractivity contribution in [1.82, 2.24) is 0 Å². The minimum atomic E-state index is 0.202. The van der Waals surface area contributed by atoms with E-state index in [2.05, 4.69) is 51.2 Å². The van der Waals surface area contributed by atoms with Crippen LogP contribution in [-0.2, 0) is 6.42 Å². The maximum absolute atomic E-state index is 9.03. The first-order chi connectivity index (χ1) is 7.54. The van der Waals surface area contributed by atoms with Crippen LogP contribution in [0.5, 0.6) is 0 Å². The Morgan fingerprint density at radius 1 is 1.19 bits per heavy atom. The Balaban J connectivity index is 3.00. The zero-order valence-electron chi connectivity index (χ0n) is 10.7. The predicted octanol–water partition coefficient (Wildman–Crippen LogP) is 3.17. The highest BCUT2D eigenvalue weighted by Gasteiger charge is 2.07. The van der Waals surface area contributed by atoms with Gasteiger partial charge in [0, 0.05) is 18.3 Å². The van der Waals surface area contributed by atoms with Gasteiger partial charge < -0.3 is 10.4 Å². The standard InChI is InChI=1S/C14H23NO/c1-10(2)13-6-5-12(7-8-16)14(9-13)15-11(3)4/h5-6,9-11,15-16H,7-8H2,1-4H3. The van der Waals surface area contributed by atoms with Crippen LogP contribution in [0.4, 0.5) is 5.69 Å². The molecular weight excluding hydrogens is 198 g/mol. The van der Waals surface area contributed by atoms with Crippen LogP contribution < -0.4 is 5.32 Å². The van der Waals surface area contributed by atoms with Crippen LogP contribution in [0.1, 0.15) is 44.7 Å². The van der Waals surface area contributed by atoms with E-state index in [1.807, 2.05) is 0 Å². The van der Waals surface area contributed by atoms with Crippen molar-refractivity contribution >= 4 is 5.69 Å². The fourth-order valence-electron chi connectivity index (χ4n) is 1.74. The van der Waals surface area contributed by atoms with Crippen LogP contribution >= 0.6 is 0 Å². The van der Waals surface area contributed by atoms with Gasteiger partial charge in [-0.1, -0.05) is 26.0 Å². The molecule has 2 nitrogen and oxygen atoms in total. The highest BCUT2D eigenvalue weighted by molar-refractivity contribution is 5.54. The minimum absolute atomic E-state index is 0.202. The van der Waals surface area contributed by atoms with Crippen molar-refractivity contribution in [3.05, 3.63) is 29.3 Å². The van der Waals surface area contributed by atoms with Crippen molar-refractivity contribution in [2.45, 2.75) is 46.1 Å². The summed E-state index contributed by atoms with van der Waals surface area (Å²) in [5, 5.41) is 12.5. The maximum atomic E-state index is 9.03. The molecule has 0 spiro atoms. The topological polar surface area (TPSA) is 32.3 Å². The first-order valence-electron chi connectivity index (χ1n) is 6.04. The number of aliphatic hydroxyl groups is 1. The van der Waals surface area contributed by atoms with Crippen LogP contribution in [0.15, 0.2) is 18.2 Å². The molecular formula is C14H23NO. The molecule has 1 aromatic rings. The monoisotopic (exact) mass is 221 g/mol. The Hall–Kier alpha value is -1.02. The van der Waals surface area contributed by atoms with Gasteiger partial charge in [0.15, 0.2) is 0 Å². The van der Waals surface area contributed by atoms with E-state index in [-0.39, 0.29) is 6.61 Å². The average Bonchev–Trinajstić information content (AvgIpc) is 2.19. The highest BCUT2D eigenvalue weighted by atomic mass is 16.2. The number of hydrogen-bond acceptors (Lipinski definition) is 2. The lowest BCUT2D eigenvalue weighted by molar-refractivity contribution is 0.300. The Morgan fingerprint density at radius 3 is 2.38 bits per heavy atom. The lowest BCUT2D eigenvalue weighted by Crippen LogP contribution is -2.12. The molecule has 16 heavy (non-hydrogen) atoms. The largest absolute Gasteiger partial charge is 0.396 e. The van der Waals surface area contributed by atoms with Crippen LogP contribution in [-0.4, -0.2) is 17.8 Å². The molecule has 2 heteroatoms. The van der Waals surface area contributed by atoms with E-state index >= 15 is 0 Å². The molecule has 0 saturated heterocycles. The summed E-state index contributed by atoms with van der Waals surface area (Å²) in [7, 11) is 0. The van der Waals surface area contributed by atoms with Crippen LogP contribution in [0.3, 0.4) is 0 Å². The van der Waals surface area contributed by atoms with Gasteiger partial charge in [-0.2, -0.15) is 0 Å². The Morgan fingerprint density at radius 2 is 1.88 bits per heavy atom. The van der Waals surface area contributed by atoms with Gasteiger partial charge >= 0.3 is 0 Å². The second-order valence-electron chi connectivity index (χ2n) is 4.84. The average molecular weight is 221 g/mol. The third-order valence-electron chi connectivity index (χ3n) is 2.63. The second kappa shape index (κ2) is 5.90. The smallest absolute Gasteiger partial charge is 0.0472 e. The van der Waals surface area contributed by atoms with E-state index in [4.69, 9.17) is 5.11 Å². The van der Waals surface area contributed by atoms with Gasteiger partial charge in [0.25, 0.3) is 0 Å². The first kappa shape index (κ1) is 13.0. The summed E-state index contributed by atoms with van der Waals surface area (Å²) in [6.45, 7) is 8.85. The Labute approximate surface area is 98.7 Å². The number of anilines is 1. The van der Waals surface area contributed by atoms with Crippen molar-refractivity contribution in [2.75, 3.05) is 11.9 Å². The quantitative estimate of drug-likeness (QED) is 0.800. The molecule has 0 heterocycles. The van der Waals surface area contributed by atoms with E-state index < -0.39 is 0 Å². The molecule has 0 saturated carbocycles. The summed E-state index contributed by atoms with van der Waals surface area (Å²) in [6.07, 6.45) is 0.716. The minimum Gasteiger partial charge on any atom is -0.396 e.